The summed E-state index contributed by atoms with van der Waals surface area (Å²) in [7, 11) is -2.17. The van der Waals surface area contributed by atoms with Gasteiger partial charge in [0.2, 0.25) is 0 Å². The standard InChI is InChI=1S/C21H25O4S.2C18H19O2S.C17H23OS.C15H21OS.C14H19O4S3.6Cs/c1-16-10-21(25-14-16)26-20-12-18(23-9-8-22-2)11-19(13-20)24-15-17-6-4-3-5-7-17;2*1-14-10-18(20-12-14)21-17-9-5-8-16(11-17)19-13-15-6-3-2-4-7-15;1-13-11-17(18-12-13)19-16-9-7-15(8-10-16)14-5-3-2-4-6-14;1-3-4-5-13-6-8-14(9-7-13)17-15-10-12(2)11-16-15;1-11-9-14(18-10-11)20-13-5-3-12(4-6-13)19-7-2-8-21(15,16)17;;;;;;/h3-7,11-14,16,21H,8-10,15H2,1-2H3;2*2-9,11-12,14,18H,10,13H2,1H3;7-10,12-14,17H,2-6,11H2,1H3;6-9,11-12,15H,3-5,10H2,1-2H3;3-6,10-11,14H,2,7-9H2,1H3,(H,15,16,17);;;;;;/q6*-1;6*+1/t16-,21?;2*14-,18?;13-,17?;12-,15?;11-,14?;;;;;;/m111111....../s1. The van der Waals surface area contributed by atoms with Crippen LogP contribution in [0.25, 0.3) is 0 Å². The molecule has 9 aromatic carbocycles. The zero-order valence-corrected chi connectivity index (χ0v) is 124. The van der Waals surface area contributed by atoms with Crippen molar-refractivity contribution >= 4 is 92.5 Å². The van der Waals surface area contributed by atoms with Crippen molar-refractivity contribution in [1.29, 1.82) is 0 Å². The average Bonchev–Trinajstić information content (AvgIpc) is 1.85. The fourth-order valence-electron chi connectivity index (χ4n) is 14.1. The Balaban J connectivity index is 0.000000277. The van der Waals surface area contributed by atoms with Crippen LogP contribution in [0.1, 0.15) is 172 Å². The average molecular weight is 2640 g/mol. The summed E-state index contributed by atoms with van der Waals surface area (Å²) in [6.07, 6.45) is 17.6. The zero-order valence-electron chi connectivity index (χ0n) is 79.5. The van der Waals surface area contributed by atoms with E-state index in [0.717, 1.165) is 82.8 Å². The number of ether oxygens (including phenoxy) is 11. The van der Waals surface area contributed by atoms with Gasteiger partial charge in [0.05, 0.1) is 45.0 Å². The zero-order chi connectivity index (χ0) is 87.6. The monoisotopic (exact) mass is 2640 g/mol. The van der Waals surface area contributed by atoms with E-state index in [1.165, 1.54) is 98.1 Å². The Kier molecular flexibility index (Phi) is 72.8. The molecule has 14 nitrogen and oxygen atoms in total. The van der Waals surface area contributed by atoms with E-state index in [-0.39, 0.29) is 441 Å². The molecule has 6 aliphatic heterocycles. The Morgan fingerprint density at radius 1 is 0.351 bits per heavy atom. The van der Waals surface area contributed by atoms with Crippen LogP contribution < -0.4 is 432 Å². The van der Waals surface area contributed by atoms with E-state index in [2.05, 4.69) is 170 Å². The van der Waals surface area contributed by atoms with Crippen LogP contribution in [0, 0.1) is 75.1 Å². The Morgan fingerprint density at radius 2 is 0.687 bits per heavy atom. The van der Waals surface area contributed by atoms with Gasteiger partial charge in [-0.2, -0.15) is 8.42 Å². The van der Waals surface area contributed by atoms with Gasteiger partial charge in [0.15, 0.2) is 0 Å². The third-order valence-corrected chi connectivity index (χ3v) is 29.4. The fourth-order valence-corrected chi connectivity index (χ4v) is 22.5. The summed E-state index contributed by atoms with van der Waals surface area (Å²) < 4.78 is 92.2. The maximum atomic E-state index is 10.6. The van der Waals surface area contributed by atoms with E-state index in [9.17, 15) is 8.42 Å². The summed E-state index contributed by atoms with van der Waals surface area (Å²) in [5.41, 5.74) is 7.90. The van der Waals surface area contributed by atoms with Crippen molar-refractivity contribution in [3.63, 3.8) is 0 Å². The second kappa shape index (κ2) is 74.5. The quantitative estimate of drug-likeness (QED) is 0.0176. The summed E-state index contributed by atoms with van der Waals surface area (Å²) in [6.45, 7) is 29.7. The topological polar surface area (TPSA) is 156 Å². The van der Waals surface area contributed by atoms with Crippen LogP contribution in [0.3, 0.4) is 0 Å². The molecule has 9 aromatic rings. The van der Waals surface area contributed by atoms with E-state index >= 15 is 0 Å². The minimum Gasteiger partial charge on any atom is -0.542 e. The van der Waals surface area contributed by atoms with Gasteiger partial charge in [0, 0.05) is 47.4 Å². The van der Waals surface area contributed by atoms with Crippen LogP contribution in [0.4, 0.5) is 0 Å². The molecule has 1 aliphatic carbocycles. The normalized spacial score (nSPS) is 21.6. The summed E-state index contributed by atoms with van der Waals surface area (Å²) in [5, 5.41) is 0. The molecule has 1 N–H and O–H groups in total. The minimum absolute atomic E-state index is 0. The van der Waals surface area contributed by atoms with Crippen molar-refractivity contribution in [3.8, 4) is 23.0 Å². The third kappa shape index (κ3) is 53.7. The maximum Gasteiger partial charge on any atom is 1.00 e. The third-order valence-electron chi connectivity index (χ3n) is 20.9. The summed E-state index contributed by atoms with van der Waals surface area (Å²) in [6, 6.07) is 79.3. The first-order valence-corrected chi connectivity index (χ1v) is 52.0. The molecule has 7 aliphatic rings. The first-order chi connectivity index (χ1) is 60.8. The van der Waals surface area contributed by atoms with Gasteiger partial charge in [-0.3, -0.25) is 4.55 Å². The molecule has 676 valence electrons. The van der Waals surface area contributed by atoms with Crippen LogP contribution in [0.15, 0.2) is 265 Å². The molecule has 28 heteroatoms. The largest absolute Gasteiger partial charge is 1.00 e. The minimum atomic E-state index is -3.84. The molecule has 1 saturated carbocycles. The van der Waals surface area contributed by atoms with Crippen LogP contribution in [0.2, 0.25) is 0 Å². The molecule has 6 heterocycles. The molecule has 0 aromatic heterocycles. The number of hydrogen-bond acceptors (Lipinski definition) is 20. The molecular weight excluding hydrogens is 2520 g/mol. The van der Waals surface area contributed by atoms with Crippen molar-refractivity contribution in [2.24, 2.45) is 35.5 Å². The number of rotatable bonds is 34. The van der Waals surface area contributed by atoms with Gasteiger partial charge in [-0.25, -0.2) is 39.6 Å². The molecule has 7 fully saturated rings. The molecule has 16 rings (SSSR count). The predicted molar refractivity (Wildman–Crippen MR) is 517 cm³/mol. The van der Waals surface area contributed by atoms with Gasteiger partial charge < -0.3 is 52.1 Å². The number of aryl methyl sites for hydroxylation is 1. The van der Waals surface area contributed by atoms with Crippen molar-refractivity contribution < 1.29 is 478 Å². The van der Waals surface area contributed by atoms with Crippen LogP contribution >= 0.6 is 82.3 Å². The van der Waals surface area contributed by atoms with E-state index in [1.54, 1.807) is 65.9 Å². The van der Waals surface area contributed by atoms with Crippen molar-refractivity contribution in [1.82, 2.24) is 0 Å². The smallest absolute Gasteiger partial charge is 0.542 e. The molecule has 0 spiro atoms. The Morgan fingerprint density at radius 3 is 1.05 bits per heavy atom. The molecule has 6 saturated heterocycles. The van der Waals surface area contributed by atoms with Gasteiger partial charge in [-0.05, 0) is 207 Å². The molecule has 131 heavy (non-hydrogen) atoms. The number of thioether (sulfide) groups is 7. The van der Waals surface area contributed by atoms with E-state index < -0.39 is 10.1 Å². The van der Waals surface area contributed by atoms with E-state index in [4.69, 9.17) is 56.7 Å². The van der Waals surface area contributed by atoms with Crippen molar-refractivity contribution in [2.45, 2.75) is 237 Å². The van der Waals surface area contributed by atoms with Crippen LogP contribution in [0.5, 0.6) is 23.0 Å². The predicted octanol–water partition coefficient (Wildman–Crippen LogP) is 10.5. The van der Waals surface area contributed by atoms with E-state index in [1.807, 2.05) is 172 Å². The van der Waals surface area contributed by atoms with Crippen LogP contribution in [-0.2, 0) is 69.5 Å². The molecule has 12 atom stereocenters. The number of methoxy groups -OCH3 is 1. The molecular formula is C103H126Cs6O14S8. The Hall–Kier alpha value is 6.57. The summed E-state index contributed by atoms with van der Waals surface area (Å²) in [5.74, 6) is 7.96. The van der Waals surface area contributed by atoms with Gasteiger partial charge in [-0.15, -0.1) is 47.3 Å². The molecule has 0 bridgehead atoms. The van der Waals surface area contributed by atoms with Gasteiger partial charge in [0.1, 0.15) is 49.4 Å². The van der Waals surface area contributed by atoms with Crippen molar-refractivity contribution in [3.05, 3.63) is 298 Å². The molecule has 6 unspecified atom stereocenters. The first-order valence-electron chi connectivity index (χ1n) is 44.1. The first kappa shape index (κ1) is 128. The van der Waals surface area contributed by atoms with E-state index in [0.29, 0.717) is 91.6 Å². The number of benzene rings is 9. The number of unbranched alkanes of at least 4 members (excludes halogenated alkanes) is 1. The summed E-state index contributed by atoms with van der Waals surface area (Å²) >= 11 is 12.2. The Bertz CT molecular complexity index is 4510. The van der Waals surface area contributed by atoms with Crippen LogP contribution in [-0.4, -0.2) is 77.4 Å². The Labute approximate surface area is 1170 Å². The molecule has 0 radical (unpaired) electrons. The second-order valence-corrected chi connectivity index (χ2v) is 42.7. The van der Waals surface area contributed by atoms with Gasteiger partial charge >= 0.3 is 413 Å². The maximum absolute atomic E-state index is 10.6. The second-order valence-electron chi connectivity index (χ2n) is 32.6. The molecule has 0 amide bonds. The SMILES string of the molecule is CCCCc1ccc(SC2C[C@@H](C)[CH-]O2)cc1.COCCOc1cc(OCc2ccccc2)cc(SC2C[C@@H](C)[CH-]O2)c1.C[C@H]1[CH-]OC(Sc2ccc(C3CCCCC3)cc2)C1.C[C@H]1[CH-]OC(Sc2ccc(SCCCS(=O)(=O)O)cc2)C1.C[C@H]1[CH-]OC(Sc2cccc(OCc3ccccc3)c2)C1.C[C@H]1[CH-]OC(Sc2cccc(OCc3ccccc3)c2)C1.[Cs+].[Cs+].[Cs+].[Cs+].[Cs+].[Cs+]. The van der Waals surface area contributed by atoms with Gasteiger partial charge in [-0.1, -0.05) is 272 Å². The fraction of sp³-hybridized carbons (Fsp3) is 0.417. The number of hydrogen-bond donors (Lipinski definition) is 1. The van der Waals surface area contributed by atoms with Gasteiger partial charge in [0.25, 0.3) is 10.1 Å². The van der Waals surface area contributed by atoms with Crippen molar-refractivity contribution in [2.75, 3.05) is 31.8 Å². The summed E-state index contributed by atoms with van der Waals surface area (Å²) in [4.78, 5) is 8.38.